The van der Waals surface area contributed by atoms with E-state index in [2.05, 4.69) is 42.4 Å². The molecule has 0 saturated heterocycles. The van der Waals surface area contributed by atoms with Crippen molar-refractivity contribution in [2.45, 2.75) is 20.3 Å². The Morgan fingerprint density at radius 3 is 2.79 bits per heavy atom. The standard InChI is InChI=1S/C16H15NOS/c1-3-13-15(14-8-5-9-19-14)18-16(17-13)12-7-4-6-11(2)10-12/h4-10H,3H2,1-2H3. The van der Waals surface area contributed by atoms with Gasteiger partial charge in [0.1, 0.15) is 0 Å². The Kier molecular flexibility index (Phi) is 3.22. The summed E-state index contributed by atoms with van der Waals surface area (Å²) >= 11 is 1.68. The Bertz CT molecular complexity index is 683. The van der Waals surface area contributed by atoms with E-state index >= 15 is 0 Å². The average molecular weight is 269 g/mol. The number of hydrogen-bond donors (Lipinski definition) is 0. The molecule has 2 heterocycles. The zero-order valence-corrected chi connectivity index (χ0v) is 11.8. The van der Waals surface area contributed by atoms with Crippen molar-refractivity contribution in [3.63, 3.8) is 0 Å². The molecule has 0 unspecified atom stereocenters. The lowest BCUT2D eigenvalue weighted by atomic mass is 10.1. The minimum Gasteiger partial charge on any atom is -0.435 e. The summed E-state index contributed by atoms with van der Waals surface area (Å²) < 4.78 is 5.99. The first kappa shape index (κ1) is 12.2. The average Bonchev–Trinajstić information content (AvgIpc) is 3.07. The predicted molar refractivity (Wildman–Crippen MR) is 79.4 cm³/mol. The maximum Gasteiger partial charge on any atom is 0.227 e. The second kappa shape index (κ2) is 5.02. The number of thiophene rings is 1. The first-order chi connectivity index (χ1) is 9.28. The molecule has 0 N–H and O–H groups in total. The van der Waals surface area contributed by atoms with E-state index in [1.165, 1.54) is 5.56 Å². The summed E-state index contributed by atoms with van der Waals surface area (Å²) in [5.74, 6) is 1.62. The molecule has 0 saturated carbocycles. The minimum atomic E-state index is 0.712. The zero-order valence-electron chi connectivity index (χ0n) is 11.0. The van der Waals surface area contributed by atoms with E-state index in [1.54, 1.807) is 11.3 Å². The SMILES string of the molecule is CCc1nc(-c2cccc(C)c2)oc1-c1cccs1. The van der Waals surface area contributed by atoms with Gasteiger partial charge in [0, 0.05) is 5.56 Å². The van der Waals surface area contributed by atoms with Gasteiger partial charge in [0.05, 0.1) is 10.6 Å². The van der Waals surface area contributed by atoms with Crippen molar-refractivity contribution in [2.75, 3.05) is 0 Å². The third-order valence-corrected chi connectivity index (χ3v) is 3.91. The smallest absolute Gasteiger partial charge is 0.227 e. The molecule has 0 radical (unpaired) electrons. The van der Waals surface area contributed by atoms with Crippen LogP contribution in [0.25, 0.3) is 22.1 Å². The van der Waals surface area contributed by atoms with Gasteiger partial charge in [0.2, 0.25) is 5.89 Å². The topological polar surface area (TPSA) is 26.0 Å². The molecule has 0 aliphatic rings. The largest absolute Gasteiger partial charge is 0.435 e. The van der Waals surface area contributed by atoms with E-state index in [0.29, 0.717) is 5.89 Å². The first-order valence-electron chi connectivity index (χ1n) is 6.38. The van der Waals surface area contributed by atoms with Gasteiger partial charge in [-0.3, -0.25) is 0 Å². The minimum absolute atomic E-state index is 0.712. The summed E-state index contributed by atoms with van der Waals surface area (Å²) in [4.78, 5) is 5.78. The Balaban J connectivity index is 2.10. The van der Waals surface area contributed by atoms with Crippen LogP contribution in [0.1, 0.15) is 18.2 Å². The molecule has 0 atom stereocenters. The van der Waals surface area contributed by atoms with Gasteiger partial charge in [-0.2, -0.15) is 0 Å². The van der Waals surface area contributed by atoms with Gasteiger partial charge in [-0.05, 0) is 36.9 Å². The molecule has 1 aromatic carbocycles. The fraction of sp³-hybridized carbons (Fsp3) is 0.188. The number of aromatic nitrogens is 1. The molecule has 3 heteroatoms. The van der Waals surface area contributed by atoms with Crippen LogP contribution < -0.4 is 0 Å². The number of rotatable bonds is 3. The quantitative estimate of drug-likeness (QED) is 0.673. The molecular formula is C16H15NOS. The predicted octanol–water partition coefficient (Wildman–Crippen LogP) is 4.94. The summed E-state index contributed by atoms with van der Waals surface area (Å²) in [6.07, 6.45) is 0.878. The second-order valence-corrected chi connectivity index (χ2v) is 5.44. The molecule has 2 nitrogen and oxygen atoms in total. The molecule has 0 amide bonds. The number of nitrogens with zero attached hydrogens (tertiary/aromatic N) is 1. The molecule has 0 spiro atoms. The van der Waals surface area contributed by atoms with Crippen LogP contribution >= 0.6 is 11.3 Å². The highest BCUT2D eigenvalue weighted by molar-refractivity contribution is 7.13. The van der Waals surface area contributed by atoms with Crippen LogP contribution in [-0.2, 0) is 6.42 Å². The third-order valence-electron chi connectivity index (χ3n) is 3.04. The maximum atomic E-state index is 5.99. The molecule has 3 rings (SSSR count). The summed E-state index contributed by atoms with van der Waals surface area (Å²) in [6.45, 7) is 4.18. The number of hydrogen-bond acceptors (Lipinski definition) is 3. The first-order valence-corrected chi connectivity index (χ1v) is 7.26. The molecule has 96 valence electrons. The molecular weight excluding hydrogens is 254 g/mol. The molecule has 2 aromatic heterocycles. The molecule has 0 aliphatic carbocycles. The fourth-order valence-corrected chi connectivity index (χ4v) is 2.82. The van der Waals surface area contributed by atoms with Crippen LogP contribution in [0.15, 0.2) is 46.2 Å². The van der Waals surface area contributed by atoms with E-state index in [1.807, 2.05) is 18.2 Å². The summed E-state index contributed by atoms with van der Waals surface area (Å²) in [7, 11) is 0. The van der Waals surface area contributed by atoms with Crippen molar-refractivity contribution in [1.82, 2.24) is 4.98 Å². The van der Waals surface area contributed by atoms with Crippen molar-refractivity contribution >= 4 is 11.3 Å². The number of benzene rings is 1. The van der Waals surface area contributed by atoms with Crippen molar-refractivity contribution in [3.05, 3.63) is 53.0 Å². The van der Waals surface area contributed by atoms with E-state index < -0.39 is 0 Å². The third kappa shape index (κ3) is 2.34. The lowest BCUT2D eigenvalue weighted by Gasteiger charge is -1.96. The Morgan fingerprint density at radius 1 is 1.21 bits per heavy atom. The lowest BCUT2D eigenvalue weighted by Crippen LogP contribution is -1.83. The number of aryl methyl sites for hydroxylation is 2. The summed E-state index contributed by atoms with van der Waals surface area (Å²) in [5, 5.41) is 2.06. The van der Waals surface area contributed by atoms with E-state index in [0.717, 1.165) is 28.3 Å². The van der Waals surface area contributed by atoms with Gasteiger partial charge in [0.15, 0.2) is 5.76 Å². The van der Waals surface area contributed by atoms with Crippen LogP contribution in [-0.4, -0.2) is 4.98 Å². The second-order valence-electron chi connectivity index (χ2n) is 4.50. The van der Waals surface area contributed by atoms with Crippen molar-refractivity contribution in [3.8, 4) is 22.1 Å². The van der Waals surface area contributed by atoms with Crippen molar-refractivity contribution < 1.29 is 4.42 Å². The monoisotopic (exact) mass is 269 g/mol. The van der Waals surface area contributed by atoms with Crippen molar-refractivity contribution in [2.24, 2.45) is 0 Å². The van der Waals surface area contributed by atoms with Gasteiger partial charge < -0.3 is 4.42 Å². The zero-order chi connectivity index (χ0) is 13.2. The Morgan fingerprint density at radius 2 is 2.11 bits per heavy atom. The van der Waals surface area contributed by atoms with Gasteiger partial charge >= 0.3 is 0 Å². The van der Waals surface area contributed by atoms with E-state index in [9.17, 15) is 0 Å². The van der Waals surface area contributed by atoms with Crippen molar-refractivity contribution in [1.29, 1.82) is 0 Å². The Labute approximate surface area is 116 Å². The van der Waals surface area contributed by atoms with Crippen LogP contribution in [0, 0.1) is 6.92 Å². The van der Waals surface area contributed by atoms with Gasteiger partial charge in [-0.15, -0.1) is 11.3 Å². The van der Waals surface area contributed by atoms with E-state index in [-0.39, 0.29) is 0 Å². The fourth-order valence-electron chi connectivity index (χ4n) is 2.09. The van der Waals surface area contributed by atoms with Crippen LogP contribution in [0.2, 0.25) is 0 Å². The van der Waals surface area contributed by atoms with Crippen LogP contribution in [0.3, 0.4) is 0 Å². The lowest BCUT2D eigenvalue weighted by molar-refractivity contribution is 0.589. The van der Waals surface area contributed by atoms with Crippen LogP contribution in [0.4, 0.5) is 0 Å². The summed E-state index contributed by atoms with van der Waals surface area (Å²) in [5.41, 5.74) is 3.28. The van der Waals surface area contributed by atoms with Crippen LogP contribution in [0.5, 0.6) is 0 Å². The molecule has 0 fully saturated rings. The van der Waals surface area contributed by atoms with E-state index in [4.69, 9.17) is 4.42 Å². The normalized spacial score (nSPS) is 10.8. The molecule has 19 heavy (non-hydrogen) atoms. The highest BCUT2D eigenvalue weighted by atomic mass is 32.1. The number of oxazole rings is 1. The highest BCUT2D eigenvalue weighted by Gasteiger charge is 2.15. The molecule has 0 aliphatic heterocycles. The van der Waals surface area contributed by atoms with Gasteiger partial charge in [-0.1, -0.05) is 30.7 Å². The Hall–Kier alpha value is -1.87. The van der Waals surface area contributed by atoms with Gasteiger partial charge in [-0.25, -0.2) is 4.98 Å². The molecule has 0 bridgehead atoms. The molecule has 3 aromatic rings. The summed E-state index contributed by atoms with van der Waals surface area (Å²) in [6, 6.07) is 12.4. The maximum absolute atomic E-state index is 5.99. The van der Waals surface area contributed by atoms with Gasteiger partial charge in [0.25, 0.3) is 0 Å². The highest BCUT2D eigenvalue weighted by Crippen LogP contribution is 2.32.